The van der Waals surface area contributed by atoms with Crippen LogP contribution in [-0.4, -0.2) is 24.1 Å². The molecule has 5 nitrogen and oxygen atoms in total. The summed E-state index contributed by atoms with van der Waals surface area (Å²) >= 11 is 0. The Morgan fingerprint density at radius 1 is 1.29 bits per heavy atom. The fourth-order valence-electron chi connectivity index (χ4n) is 2.48. The van der Waals surface area contributed by atoms with Crippen LogP contribution in [0, 0.1) is 0 Å². The lowest BCUT2D eigenvalue weighted by Crippen LogP contribution is -2.34. The molecular formula is C16H22N2O3. The maximum atomic E-state index is 11.9. The zero-order chi connectivity index (χ0) is 15.6. The van der Waals surface area contributed by atoms with E-state index in [1.54, 1.807) is 11.8 Å². The van der Waals surface area contributed by atoms with Gasteiger partial charge in [0.1, 0.15) is 5.60 Å². The number of nitrogens with one attached hydrogen (secondary N) is 1. The number of amides is 2. The molecule has 1 aliphatic heterocycles. The first kappa shape index (κ1) is 15.4. The molecule has 0 spiro atoms. The van der Waals surface area contributed by atoms with Gasteiger partial charge < -0.3 is 9.64 Å². The first-order valence-corrected chi connectivity index (χ1v) is 7.18. The van der Waals surface area contributed by atoms with Gasteiger partial charge in [-0.15, -0.1) is 0 Å². The molecule has 1 aromatic rings. The summed E-state index contributed by atoms with van der Waals surface area (Å²) in [5.41, 5.74) is 2.05. The van der Waals surface area contributed by atoms with Crippen LogP contribution in [0.5, 0.6) is 0 Å². The fraction of sp³-hybridized carbons (Fsp3) is 0.500. The molecule has 114 valence electrons. The largest absolute Gasteiger partial charge is 0.444 e. The van der Waals surface area contributed by atoms with Crippen molar-refractivity contribution in [2.24, 2.45) is 0 Å². The normalized spacial score (nSPS) is 14.4. The Morgan fingerprint density at radius 3 is 2.62 bits per heavy atom. The van der Waals surface area contributed by atoms with Crippen molar-refractivity contribution in [2.75, 3.05) is 16.8 Å². The summed E-state index contributed by atoms with van der Waals surface area (Å²) in [6, 6.07) is 5.59. The first-order valence-electron chi connectivity index (χ1n) is 7.18. The van der Waals surface area contributed by atoms with Gasteiger partial charge in [-0.25, -0.2) is 4.79 Å². The molecule has 0 bridgehead atoms. The van der Waals surface area contributed by atoms with Crippen LogP contribution in [0.2, 0.25) is 0 Å². The van der Waals surface area contributed by atoms with Crippen LogP contribution in [-0.2, 0) is 16.0 Å². The molecule has 1 heterocycles. The van der Waals surface area contributed by atoms with Crippen LogP contribution in [0.4, 0.5) is 16.2 Å². The van der Waals surface area contributed by atoms with Gasteiger partial charge in [0.2, 0.25) is 5.91 Å². The van der Waals surface area contributed by atoms with Crippen LogP contribution in [0.25, 0.3) is 0 Å². The minimum Gasteiger partial charge on any atom is -0.444 e. The molecule has 0 aromatic heterocycles. The SMILES string of the molecule is CC(=O)N1CCCc2c(NC(=O)OC(C)(C)C)cccc21. The first-order chi connectivity index (χ1) is 9.78. The molecule has 2 amide bonds. The molecule has 0 saturated heterocycles. The molecule has 0 radical (unpaired) electrons. The topological polar surface area (TPSA) is 58.6 Å². The molecule has 1 aliphatic rings. The van der Waals surface area contributed by atoms with E-state index in [9.17, 15) is 9.59 Å². The molecule has 0 atom stereocenters. The molecule has 1 N–H and O–H groups in total. The van der Waals surface area contributed by atoms with E-state index < -0.39 is 11.7 Å². The number of benzene rings is 1. The highest BCUT2D eigenvalue weighted by Crippen LogP contribution is 2.33. The average Bonchev–Trinajstić information content (AvgIpc) is 2.36. The Kier molecular flexibility index (Phi) is 4.21. The molecule has 0 saturated carbocycles. The van der Waals surface area contributed by atoms with Crippen molar-refractivity contribution >= 4 is 23.4 Å². The van der Waals surface area contributed by atoms with Gasteiger partial charge in [0.15, 0.2) is 0 Å². The van der Waals surface area contributed by atoms with E-state index in [-0.39, 0.29) is 5.91 Å². The predicted molar refractivity (Wildman–Crippen MR) is 82.6 cm³/mol. The highest BCUT2D eigenvalue weighted by molar-refractivity contribution is 5.95. The summed E-state index contributed by atoms with van der Waals surface area (Å²) in [6.45, 7) is 7.75. The number of carbonyl (C=O) groups excluding carboxylic acids is 2. The number of hydrogen-bond acceptors (Lipinski definition) is 3. The fourth-order valence-corrected chi connectivity index (χ4v) is 2.48. The Morgan fingerprint density at radius 2 is 2.00 bits per heavy atom. The third-order valence-corrected chi connectivity index (χ3v) is 3.27. The van der Waals surface area contributed by atoms with Gasteiger partial charge in [0, 0.05) is 24.8 Å². The van der Waals surface area contributed by atoms with Crippen LogP contribution >= 0.6 is 0 Å². The number of anilines is 2. The van der Waals surface area contributed by atoms with Gasteiger partial charge in [-0.2, -0.15) is 0 Å². The molecule has 0 unspecified atom stereocenters. The molecule has 1 aromatic carbocycles. The maximum absolute atomic E-state index is 11.9. The number of ether oxygens (including phenoxy) is 1. The number of hydrogen-bond donors (Lipinski definition) is 1. The van der Waals surface area contributed by atoms with Crippen molar-refractivity contribution in [2.45, 2.75) is 46.1 Å². The zero-order valence-corrected chi connectivity index (χ0v) is 13.0. The number of carbonyl (C=O) groups is 2. The van der Waals surface area contributed by atoms with Crippen LogP contribution in [0.3, 0.4) is 0 Å². The Bertz CT molecular complexity index is 561. The average molecular weight is 290 g/mol. The zero-order valence-electron chi connectivity index (χ0n) is 13.0. The second-order valence-electron chi connectivity index (χ2n) is 6.20. The minimum atomic E-state index is -0.537. The number of nitrogens with zero attached hydrogens (tertiary/aromatic N) is 1. The van der Waals surface area contributed by atoms with Crippen LogP contribution < -0.4 is 10.2 Å². The van der Waals surface area contributed by atoms with E-state index >= 15 is 0 Å². The van der Waals surface area contributed by atoms with E-state index in [0.717, 1.165) is 30.6 Å². The van der Waals surface area contributed by atoms with Gasteiger partial charge >= 0.3 is 6.09 Å². The van der Waals surface area contributed by atoms with E-state index in [1.807, 2.05) is 39.0 Å². The lowest BCUT2D eigenvalue weighted by atomic mass is 9.99. The Balaban J connectivity index is 2.24. The second kappa shape index (κ2) is 5.76. The van der Waals surface area contributed by atoms with E-state index in [2.05, 4.69) is 5.32 Å². The van der Waals surface area contributed by atoms with Crippen LogP contribution in [0.1, 0.15) is 39.7 Å². The highest BCUT2D eigenvalue weighted by Gasteiger charge is 2.23. The van der Waals surface area contributed by atoms with Crippen molar-refractivity contribution in [1.29, 1.82) is 0 Å². The van der Waals surface area contributed by atoms with Crippen LogP contribution in [0.15, 0.2) is 18.2 Å². The standard InChI is InChI=1S/C16H22N2O3/c1-11(19)18-10-6-7-12-13(8-5-9-14(12)18)17-15(20)21-16(2,3)4/h5,8-9H,6-7,10H2,1-4H3,(H,17,20). The second-order valence-corrected chi connectivity index (χ2v) is 6.20. The molecular weight excluding hydrogens is 268 g/mol. The summed E-state index contributed by atoms with van der Waals surface area (Å²) in [4.78, 5) is 25.4. The summed E-state index contributed by atoms with van der Waals surface area (Å²) < 4.78 is 5.28. The lowest BCUT2D eigenvalue weighted by molar-refractivity contribution is -0.116. The number of fused-ring (bicyclic) bond motifs is 1. The predicted octanol–water partition coefficient (Wildman–Crippen LogP) is 3.33. The van der Waals surface area contributed by atoms with Crippen molar-refractivity contribution in [3.8, 4) is 0 Å². The molecule has 2 rings (SSSR count). The maximum Gasteiger partial charge on any atom is 0.412 e. The van der Waals surface area contributed by atoms with Gasteiger partial charge in [-0.05, 0) is 51.3 Å². The minimum absolute atomic E-state index is 0.0189. The van der Waals surface area contributed by atoms with Gasteiger partial charge in [0.25, 0.3) is 0 Å². The summed E-state index contributed by atoms with van der Waals surface area (Å²) in [5, 5.41) is 2.79. The van der Waals surface area contributed by atoms with E-state index in [1.165, 1.54) is 0 Å². The lowest BCUT2D eigenvalue weighted by Gasteiger charge is -2.30. The summed E-state index contributed by atoms with van der Waals surface area (Å²) in [5.74, 6) is 0.0189. The smallest absolute Gasteiger partial charge is 0.412 e. The van der Waals surface area contributed by atoms with Gasteiger partial charge in [0.05, 0.1) is 0 Å². The van der Waals surface area contributed by atoms with Gasteiger partial charge in [-0.1, -0.05) is 6.07 Å². The molecule has 0 aliphatic carbocycles. The summed E-state index contributed by atoms with van der Waals surface area (Å²) in [7, 11) is 0. The third kappa shape index (κ3) is 3.74. The Labute approximate surface area is 125 Å². The van der Waals surface area contributed by atoms with Crippen molar-refractivity contribution in [3.05, 3.63) is 23.8 Å². The monoisotopic (exact) mass is 290 g/mol. The quantitative estimate of drug-likeness (QED) is 0.863. The molecule has 5 heteroatoms. The van der Waals surface area contributed by atoms with Crippen molar-refractivity contribution in [3.63, 3.8) is 0 Å². The highest BCUT2D eigenvalue weighted by atomic mass is 16.6. The molecule has 21 heavy (non-hydrogen) atoms. The van der Waals surface area contributed by atoms with Gasteiger partial charge in [-0.3, -0.25) is 10.1 Å². The Hall–Kier alpha value is -2.04. The van der Waals surface area contributed by atoms with E-state index in [4.69, 9.17) is 4.74 Å². The van der Waals surface area contributed by atoms with E-state index in [0.29, 0.717) is 5.69 Å². The third-order valence-electron chi connectivity index (χ3n) is 3.27. The molecule has 0 fully saturated rings. The van der Waals surface area contributed by atoms with Crippen molar-refractivity contribution < 1.29 is 14.3 Å². The number of rotatable bonds is 1. The summed E-state index contributed by atoms with van der Waals surface area (Å²) in [6.07, 6.45) is 1.25. The van der Waals surface area contributed by atoms with Crippen molar-refractivity contribution in [1.82, 2.24) is 0 Å².